The van der Waals surface area contributed by atoms with Crippen LogP contribution in [0.2, 0.25) is 0 Å². The van der Waals surface area contributed by atoms with E-state index in [1.807, 2.05) is 19.9 Å². The van der Waals surface area contributed by atoms with Gasteiger partial charge < -0.3 is 10.1 Å². The molecular weight excluding hydrogens is 224 g/mol. The van der Waals surface area contributed by atoms with Gasteiger partial charge in [0.2, 0.25) is 5.88 Å². The van der Waals surface area contributed by atoms with Crippen molar-refractivity contribution >= 4 is 0 Å². The van der Waals surface area contributed by atoms with Crippen molar-refractivity contribution in [2.45, 2.75) is 59.1 Å². The Kier molecular flexibility index (Phi) is 7.42. The number of hydrogen-bond acceptors (Lipinski definition) is 3. The fraction of sp³-hybridized carbons (Fsp3) is 0.667. The Labute approximate surface area is 111 Å². The van der Waals surface area contributed by atoms with Crippen LogP contribution < -0.4 is 10.1 Å². The minimum atomic E-state index is 0.170. The van der Waals surface area contributed by atoms with Crippen LogP contribution in [0.3, 0.4) is 0 Å². The summed E-state index contributed by atoms with van der Waals surface area (Å²) in [7, 11) is 0. The molecule has 0 aliphatic heterocycles. The highest BCUT2D eigenvalue weighted by Crippen LogP contribution is 2.15. The zero-order chi connectivity index (χ0) is 13.2. The van der Waals surface area contributed by atoms with Crippen LogP contribution >= 0.6 is 0 Å². The van der Waals surface area contributed by atoms with Crippen LogP contribution in [0.5, 0.6) is 5.88 Å². The second-order valence-corrected chi connectivity index (χ2v) is 4.87. The second-order valence-electron chi connectivity index (χ2n) is 4.87. The number of aromatic nitrogens is 1. The first-order valence-electron chi connectivity index (χ1n) is 7.05. The van der Waals surface area contributed by atoms with Gasteiger partial charge in [-0.3, -0.25) is 0 Å². The molecule has 0 spiro atoms. The van der Waals surface area contributed by atoms with Crippen LogP contribution in [0.25, 0.3) is 0 Å². The maximum Gasteiger partial charge on any atom is 0.218 e. The van der Waals surface area contributed by atoms with Crippen molar-refractivity contribution in [1.82, 2.24) is 10.3 Å². The standard InChI is InChI=1S/C15H26N2O/c1-4-5-6-7-10-16-12-14-9-8-11-17-15(14)18-13(2)3/h8-9,11,13,16H,4-7,10,12H2,1-3H3. The first-order valence-corrected chi connectivity index (χ1v) is 7.05. The predicted octanol–water partition coefficient (Wildman–Crippen LogP) is 3.54. The van der Waals surface area contributed by atoms with Crippen LogP contribution in [-0.4, -0.2) is 17.6 Å². The van der Waals surface area contributed by atoms with Crippen LogP contribution in [0.4, 0.5) is 0 Å². The van der Waals surface area contributed by atoms with Crippen molar-refractivity contribution in [2.75, 3.05) is 6.54 Å². The molecule has 0 aromatic carbocycles. The number of rotatable bonds is 9. The number of nitrogens with one attached hydrogen (secondary N) is 1. The van der Waals surface area contributed by atoms with Crippen LogP contribution in [0, 0.1) is 0 Å². The van der Waals surface area contributed by atoms with E-state index in [0.29, 0.717) is 0 Å². The van der Waals surface area contributed by atoms with E-state index >= 15 is 0 Å². The van der Waals surface area contributed by atoms with Crippen LogP contribution in [-0.2, 0) is 6.54 Å². The van der Waals surface area contributed by atoms with E-state index in [2.05, 4.69) is 23.3 Å². The number of nitrogens with zero attached hydrogens (tertiary/aromatic N) is 1. The highest BCUT2D eigenvalue weighted by molar-refractivity contribution is 5.25. The summed E-state index contributed by atoms with van der Waals surface area (Å²) in [5, 5.41) is 3.45. The van der Waals surface area contributed by atoms with Crippen molar-refractivity contribution in [3.8, 4) is 5.88 Å². The third-order valence-corrected chi connectivity index (χ3v) is 2.72. The van der Waals surface area contributed by atoms with Gasteiger partial charge in [-0.15, -0.1) is 0 Å². The normalized spacial score (nSPS) is 10.9. The molecule has 0 fully saturated rings. The van der Waals surface area contributed by atoms with E-state index in [4.69, 9.17) is 4.74 Å². The molecule has 1 aromatic rings. The van der Waals surface area contributed by atoms with Crippen molar-refractivity contribution in [1.29, 1.82) is 0 Å². The SMILES string of the molecule is CCCCCCNCc1cccnc1OC(C)C. The molecule has 0 radical (unpaired) electrons. The van der Waals surface area contributed by atoms with E-state index in [1.165, 1.54) is 25.7 Å². The van der Waals surface area contributed by atoms with E-state index in [-0.39, 0.29) is 6.10 Å². The molecule has 0 aliphatic rings. The molecule has 0 unspecified atom stereocenters. The van der Waals surface area contributed by atoms with E-state index in [9.17, 15) is 0 Å². The Hall–Kier alpha value is -1.09. The van der Waals surface area contributed by atoms with Crippen LogP contribution in [0.1, 0.15) is 52.0 Å². The second kappa shape index (κ2) is 8.92. The Morgan fingerprint density at radius 3 is 2.83 bits per heavy atom. The molecule has 0 amide bonds. The number of unbranched alkanes of at least 4 members (excludes halogenated alkanes) is 3. The summed E-state index contributed by atoms with van der Waals surface area (Å²) < 4.78 is 5.69. The Morgan fingerprint density at radius 2 is 2.11 bits per heavy atom. The van der Waals surface area contributed by atoms with Crippen molar-refractivity contribution < 1.29 is 4.74 Å². The zero-order valence-electron chi connectivity index (χ0n) is 11.9. The van der Waals surface area contributed by atoms with Gasteiger partial charge in [0.1, 0.15) is 0 Å². The first kappa shape index (κ1) is 15.0. The van der Waals surface area contributed by atoms with Crippen molar-refractivity contribution in [3.05, 3.63) is 23.9 Å². The van der Waals surface area contributed by atoms with Gasteiger partial charge in [-0.2, -0.15) is 0 Å². The molecule has 0 saturated carbocycles. The van der Waals surface area contributed by atoms with Gasteiger partial charge in [-0.25, -0.2) is 4.98 Å². The summed E-state index contributed by atoms with van der Waals surface area (Å²) >= 11 is 0. The molecule has 3 heteroatoms. The monoisotopic (exact) mass is 250 g/mol. The van der Waals surface area contributed by atoms with Gasteiger partial charge in [0.05, 0.1) is 6.10 Å². The molecule has 1 aromatic heterocycles. The highest BCUT2D eigenvalue weighted by Gasteiger charge is 2.05. The third-order valence-electron chi connectivity index (χ3n) is 2.72. The summed E-state index contributed by atoms with van der Waals surface area (Å²) in [4.78, 5) is 4.28. The molecule has 1 N–H and O–H groups in total. The molecule has 0 atom stereocenters. The van der Waals surface area contributed by atoms with Gasteiger partial charge in [-0.1, -0.05) is 32.3 Å². The molecule has 3 nitrogen and oxygen atoms in total. The fourth-order valence-corrected chi connectivity index (χ4v) is 1.79. The lowest BCUT2D eigenvalue weighted by Gasteiger charge is -2.13. The molecule has 0 aliphatic carbocycles. The van der Waals surface area contributed by atoms with Gasteiger partial charge >= 0.3 is 0 Å². The Bertz CT molecular complexity index is 326. The van der Waals surface area contributed by atoms with Gasteiger partial charge in [0.25, 0.3) is 0 Å². The number of ether oxygens (including phenoxy) is 1. The number of hydrogen-bond donors (Lipinski definition) is 1. The minimum absolute atomic E-state index is 0.170. The average molecular weight is 250 g/mol. The number of pyridine rings is 1. The Balaban J connectivity index is 2.32. The van der Waals surface area contributed by atoms with Gasteiger partial charge in [0, 0.05) is 18.3 Å². The lowest BCUT2D eigenvalue weighted by molar-refractivity contribution is 0.229. The summed E-state index contributed by atoms with van der Waals surface area (Å²) in [5.41, 5.74) is 1.14. The largest absolute Gasteiger partial charge is 0.475 e. The Morgan fingerprint density at radius 1 is 1.28 bits per heavy atom. The van der Waals surface area contributed by atoms with Crippen LogP contribution in [0.15, 0.2) is 18.3 Å². The first-order chi connectivity index (χ1) is 8.74. The summed E-state index contributed by atoms with van der Waals surface area (Å²) in [6, 6.07) is 4.03. The third kappa shape index (κ3) is 6.01. The van der Waals surface area contributed by atoms with E-state index < -0.39 is 0 Å². The zero-order valence-corrected chi connectivity index (χ0v) is 11.9. The predicted molar refractivity (Wildman–Crippen MR) is 75.8 cm³/mol. The van der Waals surface area contributed by atoms with Crippen molar-refractivity contribution in [3.63, 3.8) is 0 Å². The maximum absolute atomic E-state index is 5.69. The topological polar surface area (TPSA) is 34.2 Å². The highest BCUT2D eigenvalue weighted by atomic mass is 16.5. The maximum atomic E-state index is 5.69. The van der Waals surface area contributed by atoms with E-state index in [1.54, 1.807) is 6.20 Å². The van der Waals surface area contributed by atoms with Gasteiger partial charge in [-0.05, 0) is 32.9 Å². The van der Waals surface area contributed by atoms with Gasteiger partial charge in [0.15, 0.2) is 0 Å². The summed E-state index contributed by atoms with van der Waals surface area (Å²) in [5.74, 6) is 0.758. The van der Waals surface area contributed by atoms with Crippen molar-refractivity contribution in [2.24, 2.45) is 0 Å². The fourth-order valence-electron chi connectivity index (χ4n) is 1.79. The minimum Gasteiger partial charge on any atom is -0.475 e. The molecule has 1 rings (SSSR count). The molecule has 0 bridgehead atoms. The molecule has 0 saturated heterocycles. The summed E-state index contributed by atoms with van der Waals surface area (Å²) in [6.45, 7) is 8.18. The molecule has 102 valence electrons. The quantitative estimate of drug-likeness (QED) is 0.681. The average Bonchev–Trinajstić information content (AvgIpc) is 2.35. The smallest absolute Gasteiger partial charge is 0.218 e. The van der Waals surface area contributed by atoms with E-state index in [0.717, 1.165) is 24.5 Å². The lowest BCUT2D eigenvalue weighted by Crippen LogP contribution is -2.17. The lowest BCUT2D eigenvalue weighted by atomic mass is 10.2. The molecule has 18 heavy (non-hydrogen) atoms. The molecule has 1 heterocycles. The molecular formula is C15H26N2O. The summed E-state index contributed by atoms with van der Waals surface area (Å²) in [6.07, 6.45) is 7.12.